The third-order valence-corrected chi connectivity index (χ3v) is 9.90. The van der Waals surface area contributed by atoms with Crippen molar-refractivity contribution in [3.63, 3.8) is 0 Å². The maximum atomic E-state index is 12.4. The lowest BCUT2D eigenvalue weighted by atomic mass is 10.0. The quantitative estimate of drug-likeness (QED) is 0.0271. The first-order chi connectivity index (χ1) is 28.3. The van der Waals surface area contributed by atoms with Gasteiger partial charge in [0.2, 0.25) is 0 Å². The molecule has 0 spiro atoms. The Morgan fingerprint density at radius 2 is 0.862 bits per heavy atom. The second-order valence-electron chi connectivity index (χ2n) is 15.0. The van der Waals surface area contributed by atoms with Crippen molar-refractivity contribution >= 4 is 19.8 Å². The predicted molar refractivity (Wildman–Crippen MR) is 243 cm³/mol. The molecule has 0 radical (unpaired) electrons. The number of allylic oxidation sites excluding steroid dienone is 14. The van der Waals surface area contributed by atoms with Crippen LogP contribution in [0.1, 0.15) is 194 Å². The molecule has 0 aliphatic heterocycles. The lowest BCUT2D eigenvalue weighted by Crippen LogP contribution is -2.29. The van der Waals surface area contributed by atoms with Crippen LogP contribution in [0.25, 0.3) is 0 Å². The summed E-state index contributed by atoms with van der Waals surface area (Å²) < 4.78 is 26.4. The summed E-state index contributed by atoms with van der Waals surface area (Å²) in [6.45, 7) is 3.51. The Bertz CT molecular complexity index is 1210. The number of unbranched alkanes of at least 4 members (excludes halogenated alkanes) is 17. The van der Waals surface area contributed by atoms with E-state index in [1.807, 2.05) is 12.2 Å². The third-order valence-electron chi connectivity index (χ3n) is 9.41. The van der Waals surface area contributed by atoms with Crippen molar-refractivity contribution in [1.82, 2.24) is 0 Å². The number of carbonyl (C=O) groups excluding carboxylic acids is 2. The first kappa shape index (κ1) is 55.2. The molecule has 0 rings (SSSR count). The van der Waals surface area contributed by atoms with Crippen LogP contribution in [0.15, 0.2) is 85.1 Å². The Kier molecular flexibility index (Phi) is 41.7. The van der Waals surface area contributed by atoms with E-state index in [0.717, 1.165) is 57.8 Å². The predicted octanol–water partition coefficient (Wildman–Crippen LogP) is 14.4. The fourth-order valence-corrected chi connectivity index (χ4v) is 6.40. The molecule has 0 unspecified atom stereocenters. The number of rotatable bonds is 41. The molecule has 58 heavy (non-hydrogen) atoms. The summed E-state index contributed by atoms with van der Waals surface area (Å²) in [5, 5.41) is 0. The fraction of sp³-hybridized carbons (Fsp3) is 0.673. The zero-order chi connectivity index (χ0) is 42.5. The number of esters is 2. The second kappa shape index (κ2) is 43.8. The molecule has 332 valence electrons. The summed E-state index contributed by atoms with van der Waals surface area (Å²) in [7, 11) is -4.78. The normalized spacial score (nSPS) is 13.2. The Labute approximate surface area is 354 Å². The Morgan fingerprint density at radius 1 is 0.466 bits per heavy atom. The Hall–Kier alpha value is -2.77. The van der Waals surface area contributed by atoms with Gasteiger partial charge in [-0.3, -0.25) is 14.1 Å². The van der Waals surface area contributed by atoms with E-state index in [1.54, 1.807) is 0 Å². The zero-order valence-electron chi connectivity index (χ0n) is 36.7. The van der Waals surface area contributed by atoms with Crippen molar-refractivity contribution in [1.29, 1.82) is 0 Å². The van der Waals surface area contributed by atoms with E-state index >= 15 is 0 Å². The van der Waals surface area contributed by atoms with Gasteiger partial charge < -0.3 is 19.3 Å². The smallest absolute Gasteiger partial charge is 0.462 e. The fourth-order valence-electron chi connectivity index (χ4n) is 6.04. The molecule has 0 aromatic carbocycles. The monoisotopic (exact) mass is 831 g/mol. The average Bonchev–Trinajstić information content (AvgIpc) is 3.20. The van der Waals surface area contributed by atoms with Crippen LogP contribution in [0.3, 0.4) is 0 Å². The van der Waals surface area contributed by atoms with Crippen LogP contribution in [0.2, 0.25) is 0 Å². The molecule has 0 amide bonds. The standard InChI is InChI=1S/C49H83O8P/c1-3-5-7-9-11-13-15-17-19-21-23-24-26-27-29-31-33-35-37-39-41-43-48(50)55-45-47(46-56-58(52,53)54)57-49(51)44-42-40-38-36-34-32-30-28-25-22-20-18-16-14-12-10-8-6-4-2/h6,8,12,14,17-20,25,28,32,34,38,40,47H,3-5,7,9-11,13,15-16,21-24,26-27,29-31,33,35-37,39,41-46H2,1-2H3,(H2,52,53,54)/b8-6+,14-12+,19-17+,20-18+,28-25+,34-32+,40-38+/t47-/m1/s1. The largest absolute Gasteiger partial charge is 0.469 e. The zero-order valence-corrected chi connectivity index (χ0v) is 37.6. The van der Waals surface area contributed by atoms with Gasteiger partial charge >= 0.3 is 19.8 Å². The second-order valence-corrected chi connectivity index (χ2v) is 16.2. The Balaban J connectivity index is 3.99. The van der Waals surface area contributed by atoms with Crippen LogP contribution in [-0.4, -0.2) is 41.0 Å². The molecule has 0 aromatic rings. The molecule has 0 saturated heterocycles. The number of hydrogen-bond acceptors (Lipinski definition) is 6. The van der Waals surface area contributed by atoms with Gasteiger partial charge in [-0.1, -0.05) is 189 Å². The van der Waals surface area contributed by atoms with E-state index in [2.05, 4.69) is 91.3 Å². The molecule has 0 aromatic heterocycles. The molecule has 0 aliphatic carbocycles. The molecule has 8 nitrogen and oxygen atoms in total. The van der Waals surface area contributed by atoms with Gasteiger partial charge in [-0.2, -0.15) is 0 Å². The topological polar surface area (TPSA) is 119 Å². The highest BCUT2D eigenvalue weighted by atomic mass is 31.2. The van der Waals surface area contributed by atoms with E-state index in [1.165, 1.54) is 96.3 Å². The molecule has 0 heterocycles. The number of phosphoric ester groups is 1. The van der Waals surface area contributed by atoms with Gasteiger partial charge in [0.1, 0.15) is 6.61 Å². The SMILES string of the molecule is CC/C=C/C/C=C/C/C=C/C/C=C/C/C=C/C/C=C/CCC(=O)O[C@H](COC(=O)CCCCCCCCCCCCC/C=C/CCCCCCCC)COP(=O)(O)O. The van der Waals surface area contributed by atoms with Crippen LogP contribution >= 0.6 is 7.82 Å². The van der Waals surface area contributed by atoms with Gasteiger partial charge in [-0.05, 0) is 77.0 Å². The summed E-state index contributed by atoms with van der Waals surface area (Å²) in [6, 6.07) is 0. The minimum absolute atomic E-state index is 0.0831. The highest BCUT2D eigenvalue weighted by Gasteiger charge is 2.22. The van der Waals surface area contributed by atoms with Gasteiger partial charge in [0.15, 0.2) is 6.10 Å². The average molecular weight is 831 g/mol. The van der Waals surface area contributed by atoms with Gasteiger partial charge in [-0.15, -0.1) is 0 Å². The highest BCUT2D eigenvalue weighted by Crippen LogP contribution is 2.36. The van der Waals surface area contributed by atoms with Crippen molar-refractivity contribution in [3.8, 4) is 0 Å². The minimum atomic E-state index is -4.78. The van der Waals surface area contributed by atoms with Crippen LogP contribution in [0, 0.1) is 0 Å². The first-order valence-corrected chi connectivity index (χ1v) is 24.4. The van der Waals surface area contributed by atoms with Crippen LogP contribution in [0.5, 0.6) is 0 Å². The van der Waals surface area contributed by atoms with Gasteiger partial charge in [0, 0.05) is 12.8 Å². The third kappa shape index (κ3) is 45.9. The maximum absolute atomic E-state index is 12.4. The molecular formula is C49H83O8P. The first-order valence-electron chi connectivity index (χ1n) is 22.9. The van der Waals surface area contributed by atoms with Crippen molar-refractivity contribution in [3.05, 3.63) is 85.1 Å². The van der Waals surface area contributed by atoms with Crippen LogP contribution in [0.4, 0.5) is 0 Å². The van der Waals surface area contributed by atoms with Crippen molar-refractivity contribution in [2.75, 3.05) is 13.2 Å². The number of ether oxygens (including phenoxy) is 2. The summed E-state index contributed by atoms with van der Waals surface area (Å²) >= 11 is 0. The molecular weight excluding hydrogens is 748 g/mol. The number of carbonyl (C=O) groups is 2. The summed E-state index contributed by atoms with van der Waals surface area (Å²) in [5.74, 6) is -0.986. The molecule has 1 atom stereocenters. The van der Waals surface area contributed by atoms with Crippen LogP contribution in [-0.2, 0) is 28.2 Å². The lowest BCUT2D eigenvalue weighted by molar-refractivity contribution is -0.161. The van der Waals surface area contributed by atoms with Crippen molar-refractivity contribution in [2.45, 2.75) is 200 Å². The molecule has 0 aliphatic rings. The minimum Gasteiger partial charge on any atom is -0.462 e. The molecule has 0 bridgehead atoms. The van der Waals surface area contributed by atoms with E-state index < -0.39 is 32.5 Å². The summed E-state index contributed by atoms with van der Waals surface area (Å²) in [6.07, 6.45) is 58.9. The maximum Gasteiger partial charge on any atom is 0.469 e. The van der Waals surface area contributed by atoms with Gasteiger partial charge in [0.25, 0.3) is 0 Å². The van der Waals surface area contributed by atoms with E-state index in [0.29, 0.717) is 12.8 Å². The van der Waals surface area contributed by atoms with Crippen LogP contribution < -0.4 is 0 Å². The van der Waals surface area contributed by atoms with E-state index in [9.17, 15) is 14.2 Å². The molecule has 0 fully saturated rings. The van der Waals surface area contributed by atoms with Gasteiger partial charge in [-0.25, -0.2) is 4.57 Å². The molecule has 9 heteroatoms. The van der Waals surface area contributed by atoms with Gasteiger partial charge in [0.05, 0.1) is 6.61 Å². The summed E-state index contributed by atoms with van der Waals surface area (Å²) in [5.41, 5.74) is 0. The Morgan fingerprint density at radius 3 is 1.31 bits per heavy atom. The van der Waals surface area contributed by atoms with Crippen molar-refractivity contribution in [2.24, 2.45) is 0 Å². The summed E-state index contributed by atoms with van der Waals surface area (Å²) in [4.78, 5) is 42.9. The van der Waals surface area contributed by atoms with Crippen molar-refractivity contribution < 1.29 is 37.9 Å². The number of phosphoric acid groups is 1. The molecule has 2 N–H and O–H groups in total. The molecule has 0 saturated carbocycles. The number of hydrogen-bond donors (Lipinski definition) is 2. The van der Waals surface area contributed by atoms with E-state index in [4.69, 9.17) is 19.3 Å². The van der Waals surface area contributed by atoms with E-state index in [-0.39, 0.29) is 19.4 Å². The lowest BCUT2D eigenvalue weighted by Gasteiger charge is -2.18. The highest BCUT2D eigenvalue weighted by molar-refractivity contribution is 7.46.